The van der Waals surface area contributed by atoms with Gasteiger partial charge in [0.1, 0.15) is 11.3 Å². The van der Waals surface area contributed by atoms with Crippen molar-refractivity contribution in [3.05, 3.63) is 57.8 Å². The molecule has 6 heteroatoms. The Hall–Kier alpha value is -2.21. The number of ketones is 1. The zero-order valence-corrected chi connectivity index (χ0v) is 12.5. The van der Waals surface area contributed by atoms with Crippen molar-refractivity contribution in [2.24, 2.45) is 0 Å². The van der Waals surface area contributed by atoms with Crippen molar-refractivity contribution in [2.45, 2.75) is 6.92 Å². The van der Waals surface area contributed by atoms with E-state index >= 15 is 0 Å². The van der Waals surface area contributed by atoms with Crippen LogP contribution in [0.25, 0.3) is 0 Å². The molecule has 0 saturated carbocycles. The molecule has 0 aliphatic rings. The third-order valence-electron chi connectivity index (χ3n) is 2.73. The van der Waals surface area contributed by atoms with Gasteiger partial charge in [-0.3, -0.25) is 4.79 Å². The van der Waals surface area contributed by atoms with Crippen molar-refractivity contribution in [3.8, 4) is 11.5 Å². The van der Waals surface area contributed by atoms with Crippen LogP contribution in [0.1, 0.15) is 27.6 Å². The van der Waals surface area contributed by atoms with E-state index in [2.05, 4.69) is 15.9 Å². The molecule has 4 nitrogen and oxygen atoms in total. The van der Waals surface area contributed by atoms with Crippen LogP contribution in [0.2, 0.25) is 0 Å². The number of halogens is 2. The Morgan fingerprint density at radius 3 is 2.38 bits per heavy atom. The fourth-order valence-electron chi connectivity index (χ4n) is 1.68. The van der Waals surface area contributed by atoms with Crippen LogP contribution in [-0.4, -0.2) is 16.9 Å². The number of aromatic carboxylic acids is 1. The maximum Gasteiger partial charge on any atom is 0.339 e. The predicted octanol–water partition coefficient (Wildman–Crippen LogP) is 4.28. The number of hydrogen-bond acceptors (Lipinski definition) is 3. The van der Waals surface area contributed by atoms with Crippen molar-refractivity contribution in [2.75, 3.05) is 0 Å². The minimum absolute atomic E-state index is 0.0141. The first-order chi connectivity index (χ1) is 9.88. The van der Waals surface area contributed by atoms with Gasteiger partial charge in [0, 0.05) is 10.0 Å². The molecule has 2 rings (SSSR count). The number of benzene rings is 2. The molecule has 1 N–H and O–H groups in total. The summed E-state index contributed by atoms with van der Waals surface area (Å²) < 4.78 is 19.7. The Balaban J connectivity index is 2.39. The van der Waals surface area contributed by atoms with Gasteiger partial charge in [0.15, 0.2) is 17.3 Å². The molecular formula is C15H10BrFO4. The average Bonchev–Trinajstić information content (AvgIpc) is 2.42. The quantitative estimate of drug-likeness (QED) is 0.834. The lowest BCUT2D eigenvalue weighted by atomic mass is 10.1. The summed E-state index contributed by atoms with van der Waals surface area (Å²) in [5.74, 6) is -2.32. The highest BCUT2D eigenvalue weighted by molar-refractivity contribution is 9.10. The largest absolute Gasteiger partial charge is 0.478 e. The Bertz CT molecular complexity index is 728. The summed E-state index contributed by atoms with van der Waals surface area (Å²) >= 11 is 3.16. The molecule has 108 valence electrons. The minimum atomic E-state index is -1.19. The van der Waals surface area contributed by atoms with Crippen LogP contribution < -0.4 is 4.74 Å². The standard InChI is InChI=1S/C15H10BrFO4/c1-8(18)9-2-4-14(12(17)6-9)21-13-5-3-10(16)7-11(13)15(19)20/h2-7H,1H3,(H,19,20). The van der Waals surface area contributed by atoms with Gasteiger partial charge in [0.05, 0.1) is 0 Å². The van der Waals surface area contributed by atoms with Gasteiger partial charge in [-0.2, -0.15) is 0 Å². The second-order valence-electron chi connectivity index (χ2n) is 4.25. The number of carboxylic acids is 1. The molecule has 0 unspecified atom stereocenters. The zero-order chi connectivity index (χ0) is 15.6. The SMILES string of the molecule is CC(=O)c1ccc(Oc2ccc(Br)cc2C(=O)O)c(F)c1. The molecular weight excluding hydrogens is 343 g/mol. The van der Waals surface area contributed by atoms with E-state index in [0.29, 0.717) is 4.47 Å². The Kier molecular flexibility index (Phi) is 4.37. The van der Waals surface area contributed by atoms with Crippen LogP contribution in [0, 0.1) is 5.82 Å². The first-order valence-electron chi connectivity index (χ1n) is 5.89. The number of carboxylic acid groups (broad SMARTS) is 1. The van der Waals surface area contributed by atoms with Crippen LogP contribution in [0.15, 0.2) is 40.9 Å². The summed E-state index contributed by atoms with van der Waals surface area (Å²) in [6.45, 7) is 1.33. The summed E-state index contributed by atoms with van der Waals surface area (Å²) in [6, 6.07) is 8.13. The molecule has 0 amide bonds. The summed E-state index contributed by atoms with van der Waals surface area (Å²) in [4.78, 5) is 22.3. The molecule has 0 radical (unpaired) electrons. The smallest absolute Gasteiger partial charge is 0.339 e. The van der Waals surface area contributed by atoms with Crippen molar-refractivity contribution in [1.82, 2.24) is 0 Å². The first kappa shape index (κ1) is 15.2. The maximum absolute atomic E-state index is 13.9. The maximum atomic E-state index is 13.9. The number of ether oxygens (including phenoxy) is 1. The zero-order valence-electron chi connectivity index (χ0n) is 10.9. The predicted molar refractivity (Wildman–Crippen MR) is 77.6 cm³/mol. The summed E-state index contributed by atoms with van der Waals surface area (Å²) in [5.41, 5.74) is 0.119. The number of carbonyl (C=O) groups excluding carboxylic acids is 1. The third kappa shape index (κ3) is 3.46. The topological polar surface area (TPSA) is 63.6 Å². The Labute approximate surface area is 128 Å². The van der Waals surface area contributed by atoms with Crippen molar-refractivity contribution in [3.63, 3.8) is 0 Å². The number of hydrogen-bond donors (Lipinski definition) is 1. The highest BCUT2D eigenvalue weighted by Gasteiger charge is 2.15. The fourth-order valence-corrected chi connectivity index (χ4v) is 2.04. The monoisotopic (exact) mass is 352 g/mol. The summed E-state index contributed by atoms with van der Waals surface area (Å²) in [5, 5.41) is 9.12. The summed E-state index contributed by atoms with van der Waals surface area (Å²) in [6.07, 6.45) is 0. The number of Topliss-reactive ketones (excluding diaryl/α,β-unsaturated/α-hetero) is 1. The molecule has 2 aromatic carbocycles. The molecule has 0 atom stereocenters. The molecule has 0 saturated heterocycles. The van der Waals surface area contributed by atoms with Crippen LogP contribution in [-0.2, 0) is 0 Å². The fraction of sp³-hybridized carbons (Fsp3) is 0.0667. The van der Waals surface area contributed by atoms with Gasteiger partial charge >= 0.3 is 5.97 Å². The van der Waals surface area contributed by atoms with Crippen LogP contribution in [0.4, 0.5) is 4.39 Å². The van der Waals surface area contributed by atoms with E-state index in [-0.39, 0.29) is 28.4 Å². The molecule has 0 fully saturated rings. The minimum Gasteiger partial charge on any atom is -0.478 e. The van der Waals surface area contributed by atoms with E-state index in [1.165, 1.54) is 31.2 Å². The molecule has 0 bridgehead atoms. The average molecular weight is 353 g/mol. The lowest BCUT2D eigenvalue weighted by Gasteiger charge is -2.10. The van der Waals surface area contributed by atoms with Crippen molar-refractivity contribution < 1.29 is 23.8 Å². The first-order valence-corrected chi connectivity index (χ1v) is 6.69. The van der Waals surface area contributed by atoms with Crippen LogP contribution in [0.3, 0.4) is 0 Å². The van der Waals surface area contributed by atoms with E-state index in [4.69, 9.17) is 9.84 Å². The highest BCUT2D eigenvalue weighted by atomic mass is 79.9. The lowest BCUT2D eigenvalue weighted by Crippen LogP contribution is -2.01. The van der Waals surface area contributed by atoms with Gasteiger partial charge < -0.3 is 9.84 Å². The van der Waals surface area contributed by atoms with E-state index in [1.54, 1.807) is 6.07 Å². The van der Waals surface area contributed by atoms with Gasteiger partial charge in [-0.15, -0.1) is 0 Å². The second kappa shape index (κ2) is 6.05. The van der Waals surface area contributed by atoms with Gasteiger partial charge in [-0.05, 0) is 43.3 Å². The number of carbonyl (C=O) groups is 2. The van der Waals surface area contributed by atoms with E-state index < -0.39 is 11.8 Å². The van der Waals surface area contributed by atoms with Gasteiger partial charge in [-0.25, -0.2) is 9.18 Å². The van der Waals surface area contributed by atoms with Crippen molar-refractivity contribution >= 4 is 27.7 Å². The Morgan fingerprint density at radius 1 is 1.14 bits per heavy atom. The number of rotatable bonds is 4. The molecule has 0 aliphatic carbocycles. The Morgan fingerprint density at radius 2 is 1.81 bits per heavy atom. The molecule has 0 heterocycles. The lowest BCUT2D eigenvalue weighted by molar-refractivity contribution is 0.0693. The van der Waals surface area contributed by atoms with Gasteiger partial charge in [0.2, 0.25) is 0 Å². The van der Waals surface area contributed by atoms with E-state index in [0.717, 1.165) is 6.07 Å². The molecule has 0 aliphatic heterocycles. The van der Waals surface area contributed by atoms with Gasteiger partial charge in [0.25, 0.3) is 0 Å². The molecule has 2 aromatic rings. The van der Waals surface area contributed by atoms with Crippen LogP contribution in [0.5, 0.6) is 11.5 Å². The van der Waals surface area contributed by atoms with Gasteiger partial charge in [-0.1, -0.05) is 15.9 Å². The molecule has 21 heavy (non-hydrogen) atoms. The third-order valence-corrected chi connectivity index (χ3v) is 3.22. The van der Waals surface area contributed by atoms with Crippen LogP contribution >= 0.6 is 15.9 Å². The normalized spacial score (nSPS) is 10.2. The molecule has 0 spiro atoms. The highest BCUT2D eigenvalue weighted by Crippen LogP contribution is 2.30. The second-order valence-corrected chi connectivity index (χ2v) is 5.16. The molecule has 0 aromatic heterocycles. The van der Waals surface area contributed by atoms with E-state index in [9.17, 15) is 14.0 Å². The van der Waals surface area contributed by atoms with Crippen molar-refractivity contribution in [1.29, 1.82) is 0 Å². The van der Waals surface area contributed by atoms with E-state index in [1.807, 2.05) is 0 Å². The summed E-state index contributed by atoms with van der Waals surface area (Å²) in [7, 11) is 0.